The van der Waals surface area contributed by atoms with E-state index in [2.05, 4.69) is 0 Å². The van der Waals surface area contributed by atoms with Gasteiger partial charge in [-0.15, -0.1) is 0 Å². The number of hydrogen-bond acceptors (Lipinski definition) is 10. The van der Waals surface area contributed by atoms with Gasteiger partial charge in [-0.2, -0.15) is 0 Å². The molecule has 1 amide bonds. The molecule has 0 unspecified atom stereocenters. The van der Waals surface area contributed by atoms with Crippen LogP contribution in [0.1, 0.15) is 106 Å². The minimum Gasteiger partial charge on any atom is -0.460 e. The van der Waals surface area contributed by atoms with Crippen LogP contribution >= 0.6 is 0 Å². The Morgan fingerprint density at radius 3 is 1.58 bits per heavy atom. The van der Waals surface area contributed by atoms with E-state index in [4.69, 9.17) is 28.4 Å². The number of ether oxygens (including phenoxy) is 6. The molecule has 2 rings (SSSR count). The van der Waals surface area contributed by atoms with Crippen molar-refractivity contribution in [2.24, 2.45) is 0 Å². The van der Waals surface area contributed by atoms with E-state index < -0.39 is 40.9 Å². The van der Waals surface area contributed by atoms with Crippen LogP contribution in [0.2, 0.25) is 0 Å². The number of amides is 1. The van der Waals surface area contributed by atoms with E-state index >= 15 is 0 Å². The van der Waals surface area contributed by atoms with Gasteiger partial charge in [0.15, 0.2) is 0 Å². The van der Waals surface area contributed by atoms with Gasteiger partial charge >= 0.3 is 17.9 Å². The lowest BCUT2D eigenvalue weighted by molar-refractivity contribution is -0.164. The fourth-order valence-corrected chi connectivity index (χ4v) is 5.10. The summed E-state index contributed by atoms with van der Waals surface area (Å²) in [5, 5.41) is 0. The third kappa shape index (κ3) is 18.5. The van der Waals surface area contributed by atoms with Gasteiger partial charge in [0.05, 0.1) is 51.3 Å². The average molecular weight is 678 g/mol. The number of carbonyl (C=O) groups excluding carboxylic acids is 4. The highest BCUT2D eigenvalue weighted by Gasteiger charge is 2.34. The topological polar surface area (TPSA) is 127 Å². The number of aryl methyl sites for hydroxylation is 1. The van der Waals surface area contributed by atoms with Gasteiger partial charge in [-0.25, -0.2) is 0 Å². The van der Waals surface area contributed by atoms with Crippen molar-refractivity contribution in [3.63, 3.8) is 0 Å². The molecule has 1 aromatic carbocycles. The van der Waals surface area contributed by atoms with Crippen molar-refractivity contribution in [3.8, 4) is 0 Å². The Labute approximate surface area is 287 Å². The zero-order valence-electron chi connectivity index (χ0n) is 30.6. The van der Waals surface area contributed by atoms with Crippen molar-refractivity contribution in [2.75, 3.05) is 32.9 Å². The molecule has 1 aliphatic rings. The number of likely N-dealkylation sites (tertiary alicyclic amines) is 1. The standard InChI is InChI=1S/C37H59NO10/c1-35(2,3)46-32(40)18-22-43-28-17-21-38(31(39)16-15-27-13-11-10-12-14-27)26-30(45-24-20-34(42)48-37(7,8)9)29(25-28)44-23-19-33(41)47-36(4,5)6/h10-14,28-30H,15-26H2,1-9H3/t28-,29+,30+/m1/s1. The Hall–Kier alpha value is -3.02. The van der Waals surface area contributed by atoms with Crippen LogP contribution in [0.5, 0.6) is 0 Å². The van der Waals surface area contributed by atoms with E-state index in [0.717, 1.165) is 5.56 Å². The molecular weight excluding hydrogens is 618 g/mol. The molecule has 0 bridgehead atoms. The summed E-state index contributed by atoms with van der Waals surface area (Å²) in [6, 6.07) is 9.82. The first-order valence-electron chi connectivity index (χ1n) is 17.1. The van der Waals surface area contributed by atoms with Crippen molar-refractivity contribution in [1.82, 2.24) is 4.90 Å². The van der Waals surface area contributed by atoms with Gasteiger partial charge < -0.3 is 33.3 Å². The SMILES string of the molecule is CC(C)(C)OC(=O)CCO[C@@H]1CCN(C(=O)CCc2ccccc2)C[C@H](OCCC(=O)OC(C)(C)C)[C@@H](OCCC(=O)OC(C)(C)C)C1. The monoisotopic (exact) mass is 677 g/mol. The molecule has 1 fully saturated rings. The van der Waals surface area contributed by atoms with Crippen LogP contribution in [-0.4, -0.2) is 96.7 Å². The van der Waals surface area contributed by atoms with E-state index in [9.17, 15) is 19.2 Å². The second-order valence-electron chi connectivity index (χ2n) is 15.2. The fourth-order valence-electron chi connectivity index (χ4n) is 5.10. The zero-order chi connectivity index (χ0) is 36.0. The van der Waals surface area contributed by atoms with Crippen LogP contribution in [-0.2, 0) is 54.0 Å². The molecule has 272 valence electrons. The molecule has 0 aromatic heterocycles. The van der Waals surface area contributed by atoms with Crippen molar-refractivity contribution in [2.45, 2.75) is 142 Å². The summed E-state index contributed by atoms with van der Waals surface area (Å²) in [5.74, 6) is -1.19. The normalized spacial score (nSPS) is 19.2. The van der Waals surface area contributed by atoms with E-state index in [1.54, 1.807) is 46.4 Å². The molecule has 3 atom stereocenters. The van der Waals surface area contributed by atoms with Gasteiger partial charge in [0.1, 0.15) is 22.9 Å². The number of carbonyl (C=O) groups is 4. The van der Waals surface area contributed by atoms with E-state index in [-0.39, 0.29) is 63.6 Å². The van der Waals surface area contributed by atoms with Crippen LogP contribution in [0.15, 0.2) is 30.3 Å². The van der Waals surface area contributed by atoms with Crippen molar-refractivity contribution in [1.29, 1.82) is 0 Å². The summed E-state index contributed by atoms with van der Waals surface area (Å²) in [6.45, 7) is 17.2. The quantitative estimate of drug-likeness (QED) is 0.171. The lowest BCUT2D eigenvalue weighted by atomic mass is 9.99. The third-order valence-corrected chi connectivity index (χ3v) is 7.05. The fraction of sp³-hybridized carbons (Fsp3) is 0.730. The number of nitrogens with zero attached hydrogens (tertiary/aromatic N) is 1. The zero-order valence-corrected chi connectivity index (χ0v) is 30.6. The van der Waals surface area contributed by atoms with Crippen LogP contribution in [0.3, 0.4) is 0 Å². The van der Waals surface area contributed by atoms with Gasteiger partial charge in [0.2, 0.25) is 5.91 Å². The summed E-state index contributed by atoms with van der Waals surface area (Å²) in [4.78, 5) is 52.6. The lowest BCUT2D eigenvalue weighted by Gasteiger charge is -2.37. The largest absolute Gasteiger partial charge is 0.460 e. The Morgan fingerprint density at radius 2 is 1.10 bits per heavy atom. The summed E-state index contributed by atoms with van der Waals surface area (Å²) in [6.07, 6.45) is 0.362. The number of esters is 3. The van der Waals surface area contributed by atoms with E-state index in [0.29, 0.717) is 32.2 Å². The predicted molar refractivity (Wildman–Crippen MR) is 181 cm³/mol. The Bertz CT molecular complexity index is 1150. The highest BCUT2D eigenvalue weighted by molar-refractivity contribution is 5.76. The summed E-state index contributed by atoms with van der Waals surface area (Å²) >= 11 is 0. The molecule has 0 N–H and O–H groups in total. The van der Waals surface area contributed by atoms with Gasteiger partial charge in [-0.3, -0.25) is 19.2 Å². The number of hydrogen-bond donors (Lipinski definition) is 0. The smallest absolute Gasteiger partial charge is 0.308 e. The van der Waals surface area contributed by atoms with Crippen molar-refractivity contribution < 1.29 is 47.6 Å². The van der Waals surface area contributed by atoms with E-state index in [1.807, 2.05) is 51.1 Å². The summed E-state index contributed by atoms with van der Waals surface area (Å²) < 4.78 is 35.1. The lowest BCUT2D eigenvalue weighted by Crippen LogP contribution is -2.49. The summed E-state index contributed by atoms with van der Waals surface area (Å²) in [7, 11) is 0. The first kappa shape index (κ1) is 41.2. The Balaban J connectivity index is 2.23. The Morgan fingerprint density at radius 1 is 0.646 bits per heavy atom. The molecule has 1 aliphatic heterocycles. The van der Waals surface area contributed by atoms with Gasteiger partial charge in [-0.1, -0.05) is 30.3 Å². The molecule has 0 aliphatic carbocycles. The molecule has 1 aromatic rings. The van der Waals surface area contributed by atoms with Crippen molar-refractivity contribution >= 4 is 23.8 Å². The molecule has 0 spiro atoms. The second kappa shape index (κ2) is 19.2. The van der Waals surface area contributed by atoms with Gasteiger partial charge in [0.25, 0.3) is 0 Å². The maximum absolute atomic E-state index is 13.6. The Kier molecular flexibility index (Phi) is 16.5. The molecule has 0 radical (unpaired) electrons. The maximum Gasteiger partial charge on any atom is 0.308 e. The molecule has 0 saturated carbocycles. The molecule has 11 heteroatoms. The van der Waals surface area contributed by atoms with Crippen LogP contribution in [0.25, 0.3) is 0 Å². The van der Waals surface area contributed by atoms with Gasteiger partial charge in [0, 0.05) is 25.9 Å². The van der Waals surface area contributed by atoms with E-state index in [1.165, 1.54) is 0 Å². The van der Waals surface area contributed by atoms with Crippen LogP contribution in [0.4, 0.5) is 0 Å². The minimum atomic E-state index is -0.629. The molecule has 1 saturated heterocycles. The first-order chi connectivity index (χ1) is 22.3. The number of benzene rings is 1. The van der Waals surface area contributed by atoms with Gasteiger partial charge in [-0.05, 0) is 80.7 Å². The highest BCUT2D eigenvalue weighted by atomic mass is 16.6. The molecule has 48 heavy (non-hydrogen) atoms. The third-order valence-electron chi connectivity index (χ3n) is 7.05. The number of rotatable bonds is 15. The van der Waals surface area contributed by atoms with Crippen molar-refractivity contribution in [3.05, 3.63) is 35.9 Å². The molecule has 11 nitrogen and oxygen atoms in total. The molecular formula is C37H59NO10. The first-order valence-corrected chi connectivity index (χ1v) is 17.1. The predicted octanol–water partition coefficient (Wildman–Crippen LogP) is 5.59. The maximum atomic E-state index is 13.6. The van der Waals surface area contributed by atoms with Crippen LogP contribution < -0.4 is 0 Å². The van der Waals surface area contributed by atoms with Crippen LogP contribution in [0, 0.1) is 0 Å². The average Bonchev–Trinajstić information content (AvgIpc) is 2.93. The molecule has 1 heterocycles. The highest BCUT2D eigenvalue weighted by Crippen LogP contribution is 2.23. The second-order valence-corrected chi connectivity index (χ2v) is 15.2. The minimum absolute atomic E-state index is 0.0240. The summed E-state index contributed by atoms with van der Waals surface area (Å²) in [5.41, 5.74) is -0.793.